The molecule has 1 fully saturated rings. The number of amides is 2. The molecule has 0 saturated carbocycles. The van der Waals surface area contributed by atoms with Crippen molar-refractivity contribution in [3.63, 3.8) is 0 Å². The number of anilines is 1. The van der Waals surface area contributed by atoms with E-state index in [2.05, 4.69) is 5.32 Å². The molecule has 2 rings (SSSR count). The van der Waals surface area contributed by atoms with Crippen molar-refractivity contribution in [1.29, 1.82) is 0 Å². The van der Waals surface area contributed by atoms with Gasteiger partial charge >= 0.3 is 6.03 Å². The van der Waals surface area contributed by atoms with Gasteiger partial charge in [0.2, 0.25) is 0 Å². The average Bonchev–Trinajstić information content (AvgIpc) is 2.92. The molecule has 2 amide bonds. The quantitative estimate of drug-likeness (QED) is 0.876. The van der Waals surface area contributed by atoms with Gasteiger partial charge in [-0.15, -0.1) is 0 Å². The molecule has 5 nitrogen and oxygen atoms in total. The molecule has 5 heteroatoms. The number of nitrogens with two attached hydrogens (primary N) is 1. The normalized spacial score (nSPS) is 20.1. The van der Waals surface area contributed by atoms with Crippen LogP contribution in [0.1, 0.15) is 24.9 Å². The summed E-state index contributed by atoms with van der Waals surface area (Å²) in [6.45, 7) is 3.28. The van der Waals surface area contributed by atoms with Gasteiger partial charge in [-0.3, -0.25) is 0 Å². The molecule has 0 bridgehead atoms. The number of carbonyl (C=O) groups excluding carboxylic acids is 1. The fraction of sp³-hybridized carbons (Fsp3) is 0.500. The topological polar surface area (TPSA) is 67.6 Å². The van der Waals surface area contributed by atoms with Crippen LogP contribution < -0.4 is 11.1 Å². The number of hydrogen-bond acceptors (Lipinski definition) is 3. The highest BCUT2D eigenvalue weighted by Crippen LogP contribution is 2.16. The second-order valence-corrected chi connectivity index (χ2v) is 4.97. The number of ether oxygens (including phenoxy) is 1. The number of rotatable bonds is 3. The van der Waals surface area contributed by atoms with Crippen LogP contribution in [0, 0.1) is 0 Å². The van der Waals surface area contributed by atoms with Crippen LogP contribution in [-0.2, 0) is 4.74 Å². The third-order valence-electron chi connectivity index (χ3n) is 3.46. The number of nitrogens with zero attached hydrogens (tertiary/aromatic N) is 1. The van der Waals surface area contributed by atoms with E-state index in [-0.39, 0.29) is 18.1 Å². The van der Waals surface area contributed by atoms with E-state index in [4.69, 9.17) is 10.5 Å². The minimum Gasteiger partial charge on any atom is -0.379 e. The Morgan fingerprint density at radius 1 is 1.47 bits per heavy atom. The van der Waals surface area contributed by atoms with Crippen molar-refractivity contribution < 1.29 is 9.53 Å². The summed E-state index contributed by atoms with van der Waals surface area (Å²) < 4.78 is 5.29. The molecule has 1 heterocycles. The van der Waals surface area contributed by atoms with Gasteiger partial charge in [-0.25, -0.2) is 4.79 Å². The molecule has 0 spiro atoms. The predicted octanol–water partition coefficient (Wildman–Crippen LogP) is 1.96. The lowest BCUT2D eigenvalue weighted by Crippen LogP contribution is -2.40. The number of carbonyl (C=O) groups is 1. The lowest BCUT2D eigenvalue weighted by atomic mass is 10.1. The van der Waals surface area contributed by atoms with E-state index in [9.17, 15) is 4.79 Å². The highest BCUT2D eigenvalue weighted by atomic mass is 16.5. The number of nitrogens with one attached hydrogen (secondary N) is 1. The van der Waals surface area contributed by atoms with Crippen LogP contribution in [0.2, 0.25) is 0 Å². The zero-order valence-corrected chi connectivity index (χ0v) is 11.4. The first-order valence-corrected chi connectivity index (χ1v) is 6.55. The SMILES string of the molecule is CC(N)c1ccc(NC(=O)N(C)C2CCOC2)cc1. The Labute approximate surface area is 113 Å². The summed E-state index contributed by atoms with van der Waals surface area (Å²) in [5, 5.41) is 2.88. The molecule has 0 radical (unpaired) electrons. The van der Waals surface area contributed by atoms with Gasteiger partial charge in [-0.2, -0.15) is 0 Å². The van der Waals surface area contributed by atoms with Crippen molar-refractivity contribution >= 4 is 11.7 Å². The summed E-state index contributed by atoms with van der Waals surface area (Å²) in [6.07, 6.45) is 0.896. The molecular formula is C14H21N3O2. The van der Waals surface area contributed by atoms with Gasteiger partial charge in [0, 0.05) is 25.4 Å². The highest BCUT2D eigenvalue weighted by Gasteiger charge is 2.23. The summed E-state index contributed by atoms with van der Waals surface area (Å²) in [6, 6.07) is 7.67. The average molecular weight is 263 g/mol. The second-order valence-electron chi connectivity index (χ2n) is 4.97. The minimum absolute atomic E-state index is 0.00284. The molecule has 2 atom stereocenters. The Hall–Kier alpha value is -1.59. The fourth-order valence-corrected chi connectivity index (χ4v) is 2.08. The first-order valence-electron chi connectivity index (χ1n) is 6.55. The Bertz CT molecular complexity index is 425. The molecule has 19 heavy (non-hydrogen) atoms. The minimum atomic E-state index is -0.107. The van der Waals surface area contributed by atoms with Crippen LogP contribution >= 0.6 is 0 Å². The molecule has 0 aromatic heterocycles. The summed E-state index contributed by atoms with van der Waals surface area (Å²) in [5.74, 6) is 0. The lowest BCUT2D eigenvalue weighted by Gasteiger charge is -2.23. The maximum atomic E-state index is 12.1. The summed E-state index contributed by atoms with van der Waals surface area (Å²) in [4.78, 5) is 13.8. The van der Waals surface area contributed by atoms with Crippen molar-refractivity contribution in [2.45, 2.75) is 25.4 Å². The standard InChI is InChI=1S/C14H21N3O2/c1-10(15)11-3-5-12(6-4-11)16-14(18)17(2)13-7-8-19-9-13/h3-6,10,13H,7-9,15H2,1-2H3,(H,16,18). The van der Waals surface area contributed by atoms with E-state index >= 15 is 0 Å². The number of hydrogen-bond donors (Lipinski definition) is 2. The van der Waals surface area contributed by atoms with E-state index in [1.807, 2.05) is 31.2 Å². The Balaban J connectivity index is 1.94. The monoisotopic (exact) mass is 263 g/mol. The van der Waals surface area contributed by atoms with E-state index in [0.29, 0.717) is 6.61 Å². The van der Waals surface area contributed by atoms with Crippen molar-refractivity contribution in [2.75, 3.05) is 25.6 Å². The van der Waals surface area contributed by atoms with Gasteiger partial charge in [0.05, 0.1) is 12.6 Å². The molecule has 104 valence electrons. The van der Waals surface area contributed by atoms with Gasteiger partial charge in [-0.1, -0.05) is 12.1 Å². The van der Waals surface area contributed by atoms with Crippen LogP contribution in [0.15, 0.2) is 24.3 Å². The highest BCUT2D eigenvalue weighted by molar-refractivity contribution is 5.89. The smallest absolute Gasteiger partial charge is 0.321 e. The van der Waals surface area contributed by atoms with Gasteiger partial charge in [0.25, 0.3) is 0 Å². The van der Waals surface area contributed by atoms with Gasteiger partial charge in [0.1, 0.15) is 0 Å². The molecule has 2 unspecified atom stereocenters. The third-order valence-corrected chi connectivity index (χ3v) is 3.46. The lowest BCUT2D eigenvalue weighted by molar-refractivity contribution is 0.164. The zero-order valence-electron chi connectivity index (χ0n) is 11.4. The third kappa shape index (κ3) is 3.45. The molecule has 1 saturated heterocycles. The van der Waals surface area contributed by atoms with Crippen LogP contribution in [0.5, 0.6) is 0 Å². The maximum Gasteiger partial charge on any atom is 0.321 e. The van der Waals surface area contributed by atoms with Gasteiger partial charge in [-0.05, 0) is 31.0 Å². The second kappa shape index (κ2) is 6.04. The number of urea groups is 1. The molecule has 1 aliphatic heterocycles. The van der Waals surface area contributed by atoms with Crippen molar-refractivity contribution in [2.24, 2.45) is 5.73 Å². The van der Waals surface area contributed by atoms with Crippen LogP contribution in [0.4, 0.5) is 10.5 Å². The largest absolute Gasteiger partial charge is 0.379 e. The molecular weight excluding hydrogens is 242 g/mol. The molecule has 3 N–H and O–H groups in total. The first kappa shape index (κ1) is 13.8. The molecule has 1 aliphatic rings. The fourth-order valence-electron chi connectivity index (χ4n) is 2.08. The van der Waals surface area contributed by atoms with Crippen molar-refractivity contribution in [1.82, 2.24) is 4.90 Å². The number of likely N-dealkylation sites (N-methyl/N-ethyl adjacent to an activating group) is 1. The van der Waals surface area contributed by atoms with E-state index in [1.54, 1.807) is 11.9 Å². The van der Waals surface area contributed by atoms with Crippen molar-refractivity contribution in [3.8, 4) is 0 Å². The number of benzene rings is 1. The summed E-state index contributed by atoms with van der Waals surface area (Å²) in [5.41, 5.74) is 7.62. The summed E-state index contributed by atoms with van der Waals surface area (Å²) in [7, 11) is 1.80. The molecule has 1 aromatic carbocycles. The van der Waals surface area contributed by atoms with Gasteiger partial charge in [0.15, 0.2) is 0 Å². The Morgan fingerprint density at radius 2 is 2.16 bits per heavy atom. The predicted molar refractivity (Wildman–Crippen MR) is 75.1 cm³/mol. The zero-order chi connectivity index (χ0) is 13.8. The first-order chi connectivity index (χ1) is 9.08. The summed E-state index contributed by atoms with van der Waals surface area (Å²) >= 11 is 0. The molecule has 0 aliphatic carbocycles. The Morgan fingerprint density at radius 3 is 2.68 bits per heavy atom. The van der Waals surface area contributed by atoms with E-state index < -0.39 is 0 Å². The van der Waals surface area contributed by atoms with E-state index in [1.165, 1.54) is 0 Å². The van der Waals surface area contributed by atoms with Crippen LogP contribution in [0.25, 0.3) is 0 Å². The van der Waals surface area contributed by atoms with Crippen LogP contribution in [0.3, 0.4) is 0 Å². The maximum absolute atomic E-state index is 12.1. The van der Waals surface area contributed by atoms with Crippen molar-refractivity contribution in [3.05, 3.63) is 29.8 Å². The van der Waals surface area contributed by atoms with Crippen LogP contribution in [-0.4, -0.2) is 37.2 Å². The van der Waals surface area contributed by atoms with E-state index in [0.717, 1.165) is 24.3 Å². The van der Waals surface area contributed by atoms with Gasteiger partial charge < -0.3 is 20.7 Å². The molecule has 1 aromatic rings. The Kier molecular flexibility index (Phi) is 4.39.